The molecule has 0 spiro atoms. The van der Waals surface area contributed by atoms with E-state index < -0.39 is 11.5 Å². The molecule has 1 atom stereocenters. The molecule has 5 heteroatoms. The van der Waals surface area contributed by atoms with Gasteiger partial charge in [-0.05, 0) is 31.9 Å². The van der Waals surface area contributed by atoms with Gasteiger partial charge in [-0.15, -0.1) is 0 Å². The number of hydrogen-bond donors (Lipinski definition) is 2. The SMILES string of the molecule is CC(NC1(C(=O)O)CCOCC1)c1ccco1. The quantitative estimate of drug-likeness (QED) is 0.834. The van der Waals surface area contributed by atoms with Crippen molar-refractivity contribution in [3.8, 4) is 0 Å². The van der Waals surface area contributed by atoms with Crippen LogP contribution in [0.1, 0.15) is 31.6 Å². The van der Waals surface area contributed by atoms with Gasteiger partial charge in [-0.1, -0.05) is 0 Å². The van der Waals surface area contributed by atoms with Crippen LogP contribution in [0.5, 0.6) is 0 Å². The molecule has 17 heavy (non-hydrogen) atoms. The Labute approximate surface area is 99.8 Å². The van der Waals surface area contributed by atoms with Crippen molar-refractivity contribution in [3.05, 3.63) is 24.2 Å². The molecule has 2 N–H and O–H groups in total. The van der Waals surface area contributed by atoms with Gasteiger partial charge in [-0.25, -0.2) is 0 Å². The molecule has 1 aromatic rings. The van der Waals surface area contributed by atoms with Crippen LogP contribution in [0, 0.1) is 0 Å². The molecular formula is C12H17NO4. The summed E-state index contributed by atoms with van der Waals surface area (Å²) in [4.78, 5) is 11.4. The van der Waals surface area contributed by atoms with E-state index in [0.717, 1.165) is 5.76 Å². The first-order valence-electron chi connectivity index (χ1n) is 5.76. The monoisotopic (exact) mass is 239 g/mol. The first-order chi connectivity index (χ1) is 8.14. The number of carboxylic acids is 1. The van der Waals surface area contributed by atoms with E-state index in [1.165, 1.54) is 0 Å². The Morgan fingerprint density at radius 1 is 1.53 bits per heavy atom. The topological polar surface area (TPSA) is 71.7 Å². The van der Waals surface area contributed by atoms with Gasteiger partial charge in [-0.2, -0.15) is 0 Å². The summed E-state index contributed by atoms with van der Waals surface area (Å²) >= 11 is 0. The fourth-order valence-electron chi connectivity index (χ4n) is 2.16. The van der Waals surface area contributed by atoms with Gasteiger partial charge in [0.25, 0.3) is 0 Å². The van der Waals surface area contributed by atoms with Crippen LogP contribution in [0.15, 0.2) is 22.8 Å². The Balaban J connectivity index is 2.10. The molecular weight excluding hydrogens is 222 g/mol. The molecule has 2 heterocycles. The Kier molecular flexibility index (Phi) is 3.49. The van der Waals surface area contributed by atoms with E-state index >= 15 is 0 Å². The first-order valence-corrected chi connectivity index (χ1v) is 5.76. The number of carbonyl (C=O) groups is 1. The summed E-state index contributed by atoms with van der Waals surface area (Å²) in [6, 6.07) is 3.51. The summed E-state index contributed by atoms with van der Waals surface area (Å²) in [6.45, 7) is 2.85. The van der Waals surface area contributed by atoms with Gasteiger partial charge in [0.15, 0.2) is 0 Å². The fourth-order valence-corrected chi connectivity index (χ4v) is 2.16. The van der Waals surface area contributed by atoms with Crippen LogP contribution < -0.4 is 5.32 Å². The summed E-state index contributed by atoms with van der Waals surface area (Å²) < 4.78 is 10.5. The maximum absolute atomic E-state index is 11.4. The average molecular weight is 239 g/mol. The Hall–Kier alpha value is -1.33. The molecule has 1 aromatic heterocycles. The molecule has 1 aliphatic heterocycles. The molecule has 0 aliphatic carbocycles. The molecule has 5 nitrogen and oxygen atoms in total. The van der Waals surface area contributed by atoms with Gasteiger partial charge in [0.2, 0.25) is 0 Å². The van der Waals surface area contributed by atoms with E-state index in [1.807, 2.05) is 13.0 Å². The lowest BCUT2D eigenvalue weighted by molar-refractivity contribution is -0.149. The molecule has 1 unspecified atom stereocenters. The number of furan rings is 1. The van der Waals surface area contributed by atoms with Crippen molar-refractivity contribution >= 4 is 5.97 Å². The van der Waals surface area contributed by atoms with E-state index in [4.69, 9.17) is 9.15 Å². The molecule has 2 rings (SSSR count). The van der Waals surface area contributed by atoms with Crippen molar-refractivity contribution in [2.75, 3.05) is 13.2 Å². The Morgan fingerprint density at radius 2 is 2.24 bits per heavy atom. The fraction of sp³-hybridized carbons (Fsp3) is 0.583. The summed E-state index contributed by atoms with van der Waals surface area (Å²) in [6.07, 6.45) is 2.55. The van der Waals surface area contributed by atoms with Crippen molar-refractivity contribution in [2.45, 2.75) is 31.3 Å². The highest BCUT2D eigenvalue weighted by molar-refractivity contribution is 5.79. The summed E-state index contributed by atoms with van der Waals surface area (Å²) in [5, 5.41) is 12.5. The predicted octanol–water partition coefficient (Wildman–Crippen LogP) is 1.56. The molecule has 0 saturated carbocycles. The number of ether oxygens (including phenoxy) is 1. The summed E-state index contributed by atoms with van der Waals surface area (Å²) in [7, 11) is 0. The predicted molar refractivity (Wildman–Crippen MR) is 60.7 cm³/mol. The normalized spacial score (nSPS) is 21.0. The van der Waals surface area contributed by atoms with Crippen molar-refractivity contribution in [1.82, 2.24) is 5.32 Å². The minimum atomic E-state index is -0.898. The molecule has 0 radical (unpaired) electrons. The average Bonchev–Trinajstić information content (AvgIpc) is 2.83. The Morgan fingerprint density at radius 3 is 2.76 bits per heavy atom. The molecule has 0 amide bonds. The zero-order valence-corrected chi connectivity index (χ0v) is 9.81. The molecule has 94 valence electrons. The second-order valence-electron chi connectivity index (χ2n) is 4.38. The third kappa shape index (κ3) is 2.50. The Bertz CT molecular complexity index is 368. The molecule has 1 fully saturated rings. The molecule has 1 aliphatic rings. The van der Waals surface area contributed by atoms with Crippen molar-refractivity contribution < 1.29 is 19.1 Å². The van der Waals surface area contributed by atoms with Gasteiger partial charge in [0.1, 0.15) is 11.3 Å². The zero-order valence-electron chi connectivity index (χ0n) is 9.81. The van der Waals surface area contributed by atoms with Crippen LogP contribution in [-0.2, 0) is 9.53 Å². The number of aliphatic carboxylic acids is 1. The lowest BCUT2D eigenvalue weighted by atomic mass is 9.89. The highest BCUT2D eigenvalue weighted by Crippen LogP contribution is 2.25. The molecule has 0 bridgehead atoms. The largest absolute Gasteiger partial charge is 0.480 e. The second-order valence-corrected chi connectivity index (χ2v) is 4.38. The third-order valence-electron chi connectivity index (χ3n) is 3.22. The van der Waals surface area contributed by atoms with E-state index in [1.54, 1.807) is 12.3 Å². The van der Waals surface area contributed by atoms with Crippen LogP contribution in [-0.4, -0.2) is 29.8 Å². The maximum atomic E-state index is 11.4. The number of rotatable bonds is 4. The van der Waals surface area contributed by atoms with E-state index in [2.05, 4.69) is 5.32 Å². The third-order valence-corrected chi connectivity index (χ3v) is 3.22. The van der Waals surface area contributed by atoms with Gasteiger partial charge in [0.05, 0.1) is 12.3 Å². The van der Waals surface area contributed by atoms with Gasteiger partial charge >= 0.3 is 5.97 Å². The zero-order chi connectivity index (χ0) is 12.3. The minimum absolute atomic E-state index is 0.126. The highest BCUT2D eigenvalue weighted by atomic mass is 16.5. The molecule has 0 aromatic carbocycles. The van der Waals surface area contributed by atoms with Crippen molar-refractivity contribution in [1.29, 1.82) is 0 Å². The van der Waals surface area contributed by atoms with Crippen molar-refractivity contribution in [3.63, 3.8) is 0 Å². The van der Waals surface area contributed by atoms with E-state index in [0.29, 0.717) is 26.1 Å². The number of nitrogens with one attached hydrogen (secondary N) is 1. The van der Waals surface area contributed by atoms with Gasteiger partial charge in [-0.3, -0.25) is 10.1 Å². The lowest BCUT2D eigenvalue weighted by Crippen LogP contribution is -2.56. The maximum Gasteiger partial charge on any atom is 0.324 e. The highest BCUT2D eigenvalue weighted by Gasteiger charge is 2.41. The number of hydrogen-bond acceptors (Lipinski definition) is 4. The summed E-state index contributed by atoms with van der Waals surface area (Å²) in [5.74, 6) is -0.0728. The first kappa shape index (κ1) is 12.1. The summed E-state index contributed by atoms with van der Waals surface area (Å²) in [5.41, 5.74) is -0.898. The smallest absolute Gasteiger partial charge is 0.324 e. The van der Waals surface area contributed by atoms with Crippen molar-refractivity contribution in [2.24, 2.45) is 0 Å². The van der Waals surface area contributed by atoms with Crippen LogP contribution in [0.2, 0.25) is 0 Å². The van der Waals surface area contributed by atoms with Crippen LogP contribution >= 0.6 is 0 Å². The second kappa shape index (κ2) is 4.89. The lowest BCUT2D eigenvalue weighted by Gasteiger charge is -2.36. The molecule has 1 saturated heterocycles. The van der Waals surface area contributed by atoms with E-state index in [9.17, 15) is 9.90 Å². The standard InChI is InChI=1S/C12H17NO4/c1-9(10-3-2-6-17-10)13-12(11(14)15)4-7-16-8-5-12/h2-3,6,9,13H,4-5,7-8H2,1H3,(H,14,15). The van der Waals surface area contributed by atoms with Crippen LogP contribution in [0.25, 0.3) is 0 Å². The minimum Gasteiger partial charge on any atom is -0.480 e. The van der Waals surface area contributed by atoms with E-state index in [-0.39, 0.29) is 6.04 Å². The number of carboxylic acid groups (broad SMARTS) is 1. The van der Waals surface area contributed by atoms with Gasteiger partial charge in [0, 0.05) is 13.2 Å². The van der Waals surface area contributed by atoms with Crippen LogP contribution in [0.3, 0.4) is 0 Å². The van der Waals surface area contributed by atoms with Gasteiger partial charge < -0.3 is 14.3 Å². The van der Waals surface area contributed by atoms with Crippen LogP contribution in [0.4, 0.5) is 0 Å².